The second-order valence-corrected chi connectivity index (χ2v) is 11.5. The first-order chi connectivity index (χ1) is 15.8. The maximum atomic E-state index is 13.0. The maximum absolute atomic E-state index is 13.0. The fourth-order valence-corrected chi connectivity index (χ4v) is 6.88. The van der Waals surface area contributed by atoms with E-state index in [0.717, 1.165) is 15.0 Å². The number of rotatable bonds is 6. The Morgan fingerprint density at radius 1 is 1.09 bits per heavy atom. The van der Waals surface area contributed by atoms with Gasteiger partial charge in [0.05, 0.1) is 12.0 Å². The third-order valence-corrected chi connectivity index (χ3v) is 9.49. The Balaban J connectivity index is 1.45. The average Bonchev–Trinajstić information content (AvgIpc) is 3.21. The molecule has 1 aliphatic rings. The minimum absolute atomic E-state index is 0.215. The number of piperidine rings is 1. The van der Waals surface area contributed by atoms with E-state index < -0.39 is 16.0 Å². The van der Waals surface area contributed by atoms with Gasteiger partial charge in [-0.25, -0.2) is 13.2 Å². The molecule has 3 aromatic rings. The Hall–Kier alpha value is -2.40. The summed E-state index contributed by atoms with van der Waals surface area (Å²) in [5.74, 6) is -1.06. The van der Waals surface area contributed by atoms with Gasteiger partial charge >= 0.3 is 5.97 Å². The molecule has 0 atom stereocenters. The van der Waals surface area contributed by atoms with Crippen molar-refractivity contribution in [1.29, 1.82) is 0 Å². The van der Waals surface area contributed by atoms with Crippen LogP contribution in [-0.4, -0.2) is 51.1 Å². The van der Waals surface area contributed by atoms with E-state index in [4.69, 9.17) is 4.74 Å². The first kappa shape index (κ1) is 23.7. The summed E-state index contributed by atoms with van der Waals surface area (Å²) in [6, 6.07) is 14.2. The van der Waals surface area contributed by atoms with Gasteiger partial charge in [-0.2, -0.15) is 4.31 Å². The van der Waals surface area contributed by atoms with Crippen molar-refractivity contribution in [3.63, 3.8) is 0 Å². The van der Waals surface area contributed by atoms with Crippen LogP contribution in [0.5, 0.6) is 0 Å². The van der Waals surface area contributed by atoms with E-state index in [0.29, 0.717) is 23.4 Å². The molecule has 4 rings (SSSR count). The molecule has 174 valence electrons. The zero-order valence-electron chi connectivity index (χ0n) is 18.2. The van der Waals surface area contributed by atoms with E-state index >= 15 is 0 Å². The molecular formula is C23H24N2O5S3. The van der Waals surface area contributed by atoms with Gasteiger partial charge < -0.3 is 10.1 Å². The summed E-state index contributed by atoms with van der Waals surface area (Å²) in [6.07, 6.45) is 2.76. The lowest BCUT2D eigenvalue weighted by molar-refractivity contribution is -0.120. The number of thiophene rings is 1. The normalized spacial score (nSPS) is 15.5. The number of ether oxygens (including phenoxy) is 1. The van der Waals surface area contributed by atoms with Crippen LogP contribution in [0.2, 0.25) is 0 Å². The molecule has 0 bridgehead atoms. The van der Waals surface area contributed by atoms with Crippen LogP contribution in [0.1, 0.15) is 23.2 Å². The average molecular weight is 505 g/mol. The van der Waals surface area contributed by atoms with E-state index in [1.807, 2.05) is 30.5 Å². The van der Waals surface area contributed by atoms with Crippen molar-refractivity contribution in [2.75, 3.05) is 31.8 Å². The van der Waals surface area contributed by atoms with Crippen LogP contribution >= 0.6 is 23.1 Å². The van der Waals surface area contributed by atoms with Crippen molar-refractivity contribution >= 4 is 60.1 Å². The van der Waals surface area contributed by atoms with Gasteiger partial charge in [0, 0.05) is 34.0 Å². The zero-order valence-corrected chi connectivity index (χ0v) is 20.7. The van der Waals surface area contributed by atoms with Crippen LogP contribution < -0.4 is 5.32 Å². The smallest absolute Gasteiger partial charge is 0.341 e. The number of esters is 1. The lowest BCUT2D eigenvalue weighted by atomic mass is 9.97. The van der Waals surface area contributed by atoms with Crippen molar-refractivity contribution in [1.82, 2.24) is 4.31 Å². The van der Waals surface area contributed by atoms with Gasteiger partial charge in [0.25, 0.3) is 0 Å². The van der Waals surface area contributed by atoms with Crippen LogP contribution in [0.25, 0.3) is 10.1 Å². The molecule has 2 heterocycles. The number of hydrogen-bond donors (Lipinski definition) is 1. The molecule has 0 spiro atoms. The topological polar surface area (TPSA) is 92.8 Å². The number of nitrogens with zero attached hydrogens (tertiary/aromatic N) is 1. The third-order valence-electron chi connectivity index (χ3n) is 5.74. The molecule has 1 amide bonds. The predicted molar refractivity (Wildman–Crippen MR) is 131 cm³/mol. The van der Waals surface area contributed by atoms with Crippen molar-refractivity contribution in [2.24, 2.45) is 5.92 Å². The molecule has 1 aliphatic heterocycles. The van der Waals surface area contributed by atoms with Gasteiger partial charge in [0.15, 0.2) is 0 Å². The molecule has 2 aromatic carbocycles. The summed E-state index contributed by atoms with van der Waals surface area (Å²) in [7, 11) is -2.29. The maximum Gasteiger partial charge on any atom is 0.341 e. The molecule has 1 fully saturated rings. The van der Waals surface area contributed by atoms with Gasteiger partial charge in [-0.3, -0.25) is 4.79 Å². The number of carbonyl (C=O) groups is 2. The van der Waals surface area contributed by atoms with Crippen molar-refractivity contribution < 1.29 is 22.7 Å². The van der Waals surface area contributed by atoms with Crippen molar-refractivity contribution in [2.45, 2.75) is 22.6 Å². The number of methoxy groups -OCH3 is 1. The van der Waals surface area contributed by atoms with Crippen LogP contribution in [0, 0.1) is 5.92 Å². The Kier molecular flexibility index (Phi) is 7.08. The molecule has 1 N–H and O–H groups in total. The third kappa shape index (κ3) is 4.79. The molecule has 1 saturated heterocycles. The van der Waals surface area contributed by atoms with E-state index in [-0.39, 0.29) is 29.8 Å². The molecule has 0 unspecified atom stereocenters. The number of amides is 1. The Bertz CT molecular complexity index is 1280. The zero-order chi connectivity index (χ0) is 23.6. The van der Waals surface area contributed by atoms with E-state index in [1.165, 1.54) is 22.8 Å². The summed E-state index contributed by atoms with van der Waals surface area (Å²) in [5.41, 5.74) is 0.347. The number of anilines is 1. The summed E-state index contributed by atoms with van der Waals surface area (Å²) >= 11 is 2.88. The first-order valence-electron chi connectivity index (χ1n) is 10.4. The number of carbonyl (C=O) groups excluding carboxylic acids is 2. The fourth-order valence-electron chi connectivity index (χ4n) is 3.91. The molecular weight excluding hydrogens is 480 g/mol. The number of fused-ring (bicyclic) bond motifs is 1. The standard InChI is InChI=1S/C23H24N2O5S3/c1-30-23(27)20-18-5-3-4-6-19(18)32-22(20)24-21(26)15-11-13-25(14-12-15)33(28,29)17-9-7-16(31-2)8-10-17/h3-10,15H,11-14H2,1-2H3,(H,24,26). The van der Waals surface area contributed by atoms with Crippen LogP contribution in [0.4, 0.5) is 5.00 Å². The molecule has 1 aromatic heterocycles. The number of thioether (sulfide) groups is 1. The van der Waals surface area contributed by atoms with Crippen LogP contribution in [0.3, 0.4) is 0 Å². The van der Waals surface area contributed by atoms with Crippen molar-refractivity contribution in [3.05, 3.63) is 54.1 Å². The highest BCUT2D eigenvalue weighted by Gasteiger charge is 2.33. The van der Waals surface area contributed by atoms with Crippen molar-refractivity contribution in [3.8, 4) is 0 Å². The number of sulfonamides is 1. The number of benzene rings is 2. The van der Waals surface area contributed by atoms with Crippen LogP contribution in [-0.2, 0) is 19.6 Å². The second kappa shape index (κ2) is 9.84. The summed E-state index contributed by atoms with van der Waals surface area (Å²) in [4.78, 5) is 26.6. The SMILES string of the molecule is COC(=O)c1c(NC(=O)C2CCN(S(=O)(=O)c3ccc(SC)cc3)CC2)sc2ccccc12. The molecule has 0 saturated carbocycles. The number of nitrogens with one attached hydrogen (secondary N) is 1. The summed E-state index contributed by atoms with van der Waals surface area (Å²) < 4.78 is 33.2. The van der Waals surface area contributed by atoms with Gasteiger partial charge in [0.1, 0.15) is 10.6 Å². The van der Waals surface area contributed by atoms with Gasteiger partial charge in [-0.1, -0.05) is 18.2 Å². The fraction of sp³-hybridized carbons (Fsp3) is 0.304. The Morgan fingerprint density at radius 2 is 1.76 bits per heavy atom. The lowest BCUT2D eigenvalue weighted by Crippen LogP contribution is -2.41. The molecule has 0 aliphatic carbocycles. The highest BCUT2D eigenvalue weighted by Crippen LogP contribution is 2.37. The summed E-state index contributed by atoms with van der Waals surface area (Å²) in [5, 5.41) is 4.08. The highest BCUT2D eigenvalue weighted by atomic mass is 32.2. The largest absolute Gasteiger partial charge is 0.465 e. The second-order valence-electron chi connectivity index (χ2n) is 7.64. The Labute approximate surface area is 201 Å². The number of hydrogen-bond acceptors (Lipinski definition) is 7. The van der Waals surface area contributed by atoms with Gasteiger partial charge in [0.2, 0.25) is 15.9 Å². The quantitative estimate of drug-likeness (QED) is 0.394. The first-order valence-corrected chi connectivity index (χ1v) is 13.9. The van der Waals surface area contributed by atoms with Crippen LogP contribution in [0.15, 0.2) is 58.3 Å². The summed E-state index contributed by atoms with van der Waals surface area (Å²) in [6.45, 7) is 0.530. The van der Waals surface area contributed by atoms with E-state index in [1.54, 1.807) is 36.0 Å². The molecule has 33 heavy (non-hydrogen) atoms. The molecule has 10 heteroatoms. The van der Waals surface area contributed by atoms with Gasteiger partial charge in [-0.05, 0) is 49.4 Å². The van der Waals surface area contributed by atoms with E-state index in [2.05, 4.69) is 5.32 Å². The minimum atomic E-state index is -3.60. The molecule has 7 nitrogen and oxygen atoms in total. The Morgan fingerprint density at radius 3 is 2.39 bits per heavy atom. The lowest BCUT2D eigenvalue weighted by Gasteiger charge is -2.30. The van der Waals surface area contributed by atoms with Gasteiger partial charge in [-0.15, -0.1) is 23.1 Å². The highest BCUT2D eigenvalue weighted by molar-refractivity contribution is 7.98. The monoisotopic (exact) mass is 504 g/mol. The van der Waals surface area contributed by atoms with E-state index in [9.17, 15) is 18.0 Å². The predicted octanol–water partition coefficient (Wildman–Crippen LogP) is 4.45. The molecule has 0 radical (unpaired) electrons. The minimum Gasteiger partial charge on any atom is -0.465 e.